The summed E-state index contributed by atoms with van der Waals surface area (Å²) in [6.45, 7) is 4.39. The summed E-state index contributed by atoms with van der Waals surface area (Å²) in [7, 11) is 0. The van der Waals surface area contributed by atoms with Crippen LogP contribution in [0.4, 0.5) is 10.5 Å². The van der Waals surface area contributed by atoms with E-state index in [0.29, 0.717) is 6.54 Å². The van der Waals surface area contributed by atoms with Crippen molar-refractivity contribution in [1.82, 2.24) is 10.6 Å². The van der Waals surface area contributed by atoms with Crippen LogP contribution < -0.4 is 16.0 Å². The summed E-state index contributed by atoms with van der Waals surface area (Å²) in [6.07, 6.45) is 1.03. The fourth-order valence-corrected chi connectivity index (χ4v) is 1.96. The average molecular weight is 219 g/mol. The number of benzene rings is 1. The molecule has 16 heavy (non-hydrogen) atoms. The Kier molecular flexibility index (Phi) is 3.41. The molecule has 1 aromatic carbocycles. The van der Waals surface area contributed by atoms with Gasteiger partial charge in [-0.3, -0.25) is 0 Å². The monoisotopic (exact) mass is 219 g/mol. The molecule has 0 radical (unpaired) electrons. The van der Waals surface area contributed by atoms with E-state index in [1.807, 2.05) is 19.1 Å². The molecule has 2 amide bonds. The van der Waals surface area contributed by atoms with Gasteiger partial charge in [-0.2, -0.15) is 0 Å². The van der Waals surface area contributed by atoms with Gasteiger partial charge in [0.1, 0.15) is 0 Å². The maximum absolute atomic E-state index is 11.5. The van der Waals surface area contributed by atoms with Crippen molar-refractivity contribution < 1.29 is 4.79 Å². The minimum atomic E-state index is -0.138. The van der Waals surface area contributed by atoms with Crippen LogP contribution in [0.25, 0.3) is 0 Å². The smallest absolute Gasteiger partial charge is 0.319 e. The van der Waals surface area contributed by atoms with Crippen molar-refractivity contribution in [3.63, 3.8) is 0 Å². The highest BCUT2D eigenvalue weighted by atomic mass is 16.2. The van der Waals surface area contributed by atoms with E-state index < -0.39 is 0 Å². The molecular formula is C12H17N3O. The number of carbonyl (C=O) groups excluding carboxylic acids is 1. The lowest BCUT2D eigenvalue weighted by Gasteiger charge is -2.20. The van der Waals surface area contributed by atoms with E-state index in [0.717, 1.165) is 25.2 Å². The Labute approximate surface area is 95.4 Å². The SMILES string of the molecule is CCNC(=O)Nc1cccc2c1CNCC2. The van der Waals surface area contributed by atoms with Crippen LogP contribution in [0.5, 0.6) is 0 Å². The minimum Gasteiger partial charge on any atom is -0.338 e. The van der Waals surface area contributed by atoms with E-state index in [2.05, 4.69) is 22.0 Å². The molecule has 0 spiro atoms. The van der Waals surface area contributed by atoms with Crippen LogP contribution in [0.1, 0.15) is 18.1 Å². The van der Waals surface area contributed by atoms with Crippen molar-refractivity contribution in [3.8, 4) is 0 Å². The number of urea groups is 1. The number of hydrogen-bond donors (Lipinski definition) is 3. The van der Waals surface area contributed by atoms with Gasteiger partial charge < -0.3 is 16.0 Å². The van der Waals surface area contributed by atoms with Crippen molar-refractivity contribution in [2.45, 2.75) is 19.9 Å². The van der Waals surface area contributed by atoms with Crippen LogP contribution >= 0.6 is 0 Å². The first-order valence-corrected chi connectivity index (χ1v) is 5.67. The van der Waals surface area contributed by atoms with Gasteiger partial charge in [0.15, 0.2) is 0 Å². The van der Waals surface area contributed by atoms with Gasteiger partial charge in [-0.25, -0.2) is 4.79 Å². The molecule has 1 aliphatic rings. The standard InChI is InChI=1S/C12H17N3O/c1-2-14-12(16)15-11-5-3-4-9-6-7-13-8-10(9)11/h3-5,13H,2,6-8H2,1H3,(H2,14,15,16). The predicted octanol–water partition coefficient (Wildman–Crippen LogP) is 1.47. The summed E-state index contributed by atoms with van der Waals surface area (Å²) in [5, 5.41) is 8.93. The minimum absolute atomic E-state index is 0.138. The molecule has 1 heterocycles. The predicted molar refractivity (Wildman–Crippen MR) is 64.5 cm³/mol. The normalized spacial score (nSPS) is 14.1. The zero-order chi connectivity index (χ0) is 11.4. The molecule has 4 heteroatoms. The number of rotatable bonds is 2. The van der Waals surface area contributed by atoms with Gasteiger partial charge >= 0.3 is 6.03 Å². The largest absolute Gasteiger partial charge is 0.338 e. The molecule has 0 aromatic heterocycles. The van der Waals surface area contributed by atoms with Crippen LogP contribution in [-0.2, 0) is 13.0 Å². The number of carbonyl (C=O) groups is 1. The van der Waals surface area contributed by atoms with Crippen LogP contribution in [0, 0.1) is 0 Å². The van der Waals surface area contributed by atoms with Gasteiger partial charge in [0, 0.05) is 18.8 Å². The lowest BCUT2D eigenvalue weighted by Crippen LogP contribution is -2.30. The Morgan fingerprint density at radius 2 is 2.38 bits per heavy atom. The van der Waals surface area contributed by atoms with Crippen molar-refractivity contribution in [2.75, 3.05) is 18.4 Å². The molecule has 0 aliphatic carbocycles. The third-order valence-electron chi connectivity index (χ3n) is 2.73. The number of fused-ring (bicyclic) bond motifs is 1. The number of nitrogens with one attached hydrogen (secondary N) is 3. The third kappa shape index (κ3) is 2.33. The van der Waals surface area contributed by atoms with Gasteiger partial charge in [0.05, 0.1) is 0 Å². The Morgan fingerprint density at radius 1 is 1.50 bits per heavy atom. The Morgan fingerprint density at radius 3 is 3.19 bits per heavy atom. The molecule has 3 N–H and O–H groups in total. The lowest BCUT2D eigenvalue weighted by atomic mass is 9.99. The number of amides is 2. The van der Waals surface area contributed by atoms with Crippen molar-refractivity contribution in [1.29, 1.82) is 0 Å². The first-order valence-electron chi connectivity index (χ1n) is 5.67. The molecule has 2 rings (SSSR count). The van der Waals surface area contributed by atoms with Crippen molar-refractivity contribution in [3.05, 3.63) is 29.3 Å². The summed E-state index contributed by atoms with van der Waals surface area (Å²) < 4.78 is 0. The Bertz CT molecular complexity index is 390. The fourth-order valence-electron chi connectivity index (χ4n) is 1.96. The topological polar surface area (TPSA) is 53.2 Å². The summed E-state index contributed by atoms with van der Waals surface area (Å²) in [5.41, 5.74) is 3.45. The van der Waals surface area contributed by atoms with E-state index in [-0.39, 0.29) is 6.03 Å². The van der Waals surface area contributed by atoms with Gasteiger partial charge in [0.2, 0.25) is 0 Å². The molecule has 0 saturated carbocycles. The summed E-state index contributed by atoms with van der Waals surface area (Å²) in [4.78, 5) is 11.5. The molecule has 0 atom stereocenters. The zero-order valence-corrected chi connectivity index (χ0v) is 9.47. The Hall–Kier alpha value is -1.55. The molecule has 0 saturated heterocycles. The fraction of sp³-hybridized carbons (Fsp3) is 0.417. The average Bonchev–Trinajstić information content (AvgIpc) is 2.30. The first-order chi connectivity index (χ1) is 7.81. The molecule has 0 unspecified atom stereocenters. The maximum Gasteiger partial charge on any atom is 0.319 e. The van der Waals surface area contributed by atoms with Gasteiger partial charge in [0.25, 0.3) is 0 Å². The van der Waals surface area contributed by atoms with Crippen LogP contribution in [0.3, 0.4) is 0 Å². The maximum atomic E-state index is 11.5. The molecule has 86 valence electrons. The number of anilines is 1. The highest BCUT2D eigenvalue weighted by Gasteiger charge is 2.13. The molecular weight excluding hydrogens is 202 g/mol. The molecule has 0 fully saturated rings. The molecule has 1 aromatic rings. The van der Waals surface area contributed by atoms with Gasteiger partial charge in [-0.15, -0.1) is 0 Å². The molecule has 4 nitrogen and oxygen atoms in total. The highest BCUT2D eigenvalue weighted by Crippen LogP contribution is 2.22. The molecule has 1 aliphatic heterocycles. The van der Waals surface area contributed by atoms with Crippen LogP contribution in [0.15, 0.2) is 18.2 Å². The first kappa shape index (κ1) is 11.0. The Balaban J connectivity index is 2.17. The summed E-state index contributed by atoms with van der Waals surface area (Å²) in [6, 6.07) is 5.92. The van der Waals surface area contributed by atoms with E-state index in [4.69, 9.17) is 0 Å². The quantitative estimate of drug-likeness (QED) is 0.705. The summed E-state index contributed by atoms with van der Waals surface area (Å²) >= 11 is 0. The van der Waals surface area contributed by atoms with E-state index >= 15 is 0 Å². The number of hydrogen-bond acceptors (Lipinski definition) is 2. The van der Waals surface area contributed by atoms with Crippen molar-refractivity contribution >= 4 is 11.7 Å². The van der Waals surface area contributed by atoms with Crippen LogP contribution in [-0.4, -0.2) is 19.1 Å². The van der Waals surface area contributed by atoms with Gasteiger partial charge in [-0.05, 0) is 37.1 Å². The van der Waals surface area contributed by atoms with Crippen molar-refractivity contribution in [2.24, 2.45) is 0 Å². The summed E-state index contributed by atoms with van der Waals surface area (Å²) in [5.74, 6) is 0. The van der Waals surface area contributed by atoms with Crippen LogP contribution in [0.2, 0.25) is 0 Å². The lowest BCUT2D eigenvalue weighted by molar-refractivity contribution is 0.252. The van der Waals surface area contributed by atoms with E-state index in [9.17, 15) is 4.79 Å². The zero-order valence-electron chi connectivity index (χ0n) is 9.47. The molecule has 0 bridgehead atoms. The van der Waals surface area contributed by atoms with E-state index in [1.54, 1.807) is 0 Å². The second-order valence-corrected chi connectivity index (χ2v) is 3.85. The second-order valence-electron chi connectivity index (χ2n) is 3.85. The second kappa shape index (κ2) is 4.99. The third-order valence-corrected chi connectivity index (χ3v) is 2.73. The van der Waals surface area contributed by atoms with E-state index in [1.165, 1.54) is 11.1 Å². The van der Waals surface area contributed by atoms with Gasteiger partial charge in [-0.1, -0.05) is 12.1 Å². The highest BCUT2D eigenvalue weighted by molar-refractivity contribution is 5.90.